The van der Waals surface area contributed by atoms with Crippen molar-refractivity contribution in [2.45, 2.75) is 26.1 Å². The minimum Gasteiger partial charge on any atom is -0.334 e. The molecule has 0 atom stereocenters. The van der Waals surface area contributed by atoms with Crippen molar-refractivity contribution in [2.75, 3.05) is 0 Å². The lowest BCUT2D eigenvalue weighted by Crippen LogP contribution is -2.33. The highest BCUT2D eigenvalue weighted by atomic mass is 16.2. The number of benzene rings is 1. The number of rotatable bonds is 7. The van der Waals surface area contributed by atoms with Crippen LogP contribution in [-0.2, 0) is 24.4 Å². The number of carbonyl (C=O) groups is 1. The number of nitrogens with zero attached hydrogens (tertiary/aromatic N) is 6. The van der Waals surface area contributed by atoms with Gasteiger partial charge in [0.1, 0.15) is 5.52 Å². The quantitative estimate of drug-likeness (QED) is 0.472. The largest absolute Gasteiger partial charge is 0.334 e. The van der Waals surface area contributed by atoms with Crippen LogP contribution in [0.25, 0.3) is 10.9 Å². The van der Waals surface area contributed by atoms with E-state index in [9.17, 15) is 9.59 Å². The second-order valence-electron chi connectivity index (χ2n) is 6.85. The fourth-order valence-corrected chi connectivity index (χ4v) is 3.18. The van der Waals surface area contributed by atoms with Gasteiger partial charge < -0.3 is 4.90 Å². The minimum absolute atomic E-state index is 0.0856. The minimum atomic E-state index is -0.249. The monoisotopic (exact) mass is 400 g/mol. The molecule has 8 nitrogen and oxygen atoms in total. The summed E-state index contributed by atoms with van der Waals surface area (Å²) in [5.41, 5.74) is 2.20. The highest BCUT2D eigenvalue weighted by molar-refractivity contribution is 5.77. The van der Waals surface area contributed by atoms with Crippen LogP contribution in [0.4, 0.5) is 0 Å². The number of amides is 1. The van der Waals surface area contributed by atoms with E-state index in [1.807, 2.05) is 24.3 Å². The average molecular weight is 400 g/mol. The van der Waals surface area contributed by atoms with Crippen molar-refractivity contribution in [1.29, 1.82) is 0 Å². The van der Waals surface area contributed by atoms with Gasteiger partial charge in [0.15, 0.2) is 0 Å². The van der Waals surface area contributed by atoms with Crippen molar-refractivity contribution >= 4 is 16.8 Å². The van der Waals surface area contributed by atoms with Gasteiger partial charge in [-0.15, -0.1) is 5.10 Å². The molecule has 0 fully saturated rings. The van der Waals surface area contributed by atoms with Crippen LogP contribution >= 0.6 is 0 Å². The highest BCUT2D eigenvalue weighted by Gasteiger charge is 2.16. The predicted molar refractivity (Wildman–Crippen MR) is 111 cm³/mol. The Hall–Kier alpha value is -3.94. The highest BCUT2D eigenvalue weighted by Crippen LogP contribution is 2.11. The Morgan fingerprint density at radius 3 is 2.50 bits per heavy atom. The van der Waals surface area contributed by atoms with Crippen LogP contribution in [0.5, 0.6) is 0 Å². The fourth-order valence-electron chi connectivity index (χ4n) is 3.18. The van der Waals surface area contributed by atoms with E-state index < -0.39 is 0 Å². The zero-order valence-corrected chi connectivity index (χ0v) is 16.3. The Bertz CT molecular complexity index is 1150. The maximum absolute atomic E-state index is 13.0. The lowest BCUT2D eigenvalue weighted by atomic mass is 10.2. The van der Waals surface area contributed by atoms with Crippen molar-refractivity contribution < 1.29 is 4.79 Å². The van der Waals surface area contributed by atoms with Gasteiger partial charge in [-0.25, -0.2) is 4.68 Å². The van der Waals surface area contributed by atoms with Crippen LogP contribution in [0.2, 0.25) is 0 Å². The Morgan fingerprint density at radius 2 is 1.70 bits per heavy atom. The summed E-state index contributed by atoms with van der Waals surface area (Å²) < 4.78 is 1.24. The van der Waals surface area contributed by atoms with Crippen molar-refractivity contribution in [1.82, 2.24) is 29.9 Å². The lowest BCUT2D eigenvalue weighted by molar-refractivity contribution is -0.132. The molecule has 0 aliphatic heterocycles. The van der Waals surface area contributed by atoms with Crippen LogP contribution in [0.15, 0.2) is 78.1 Å². The molecule has 150 valence electrons. The van der Waals surface area contributed by atoms with Gasteiger partial charge in [-0.05, 0) is 41.5 Å². The molecule has 1 amide bonds. The van der Waals surface area contributed by atoms with Crippen molar-refractivity contribution in [3.8, 4) is 0 Å². The third-order valence-corrected chi connectivity index (χ3v) is 4.74. The van der Waals surface area contributed by atoms with Gasteiger partial charge in [0.2, 0.25) is 5.91 Å². The number of hydrogen-bond donors (Lipinski definition) is 0. The molecule has 3 aromatic heterocycles. The molecule has 1 aromatic carbocycles. The number of hydrogen-bond acceptors (Lipinski definition) is 6. The van der Waals surface area contributed by atoms with Gasteiger partial charge >= 0.3 is 0 Å². The molecular formula is C22H20N6O2. The van der Waals surface area contributed by atoms with Crippen LogP contribution in [-0.4, -0.2) is 35.8 Å². The molecule has 0 aliphatic rings. The maximum atomic E-state index is 13.0. The molecule has 8 heteroatoms. The van der Waals surface area contributed by atoms with Crippen LogP contribution < -0.4 is 5.56 Å². The van der Waals surface area contributed by atoms with E-state index in [2.05, 4.69) is 20.3 Å². The first kappa shape index (κ1) is 19.4. The van der Waals surface area contributed by atoms with E-state index in [1.165, 1.54) is 4.68 Å². The van der Waals surface area contributed by atoms with Crippen molar-refractivity contribution in [2.24, 2.45) is 0 Å². The molecule has 0 radical (unpaired) electrons. The topological polar surface area (TPSA) is 93.9 Å². The van der Waals surface area contributed by atoms with Gasteiger partial charge in [-0.1, -0.05) is 23.4 Å². The molecule has 30 heavy (non-hydrogen) atoms. The summed E-state index contributed by atoms with van der Waals surface area (Å²) in [6.07, 6.45) is 6.98. The molecule has 4 aromatic rings. The smallest absolute Gasteiger partial charge is 0.277 e. The van der Waals surface area contributed by atoms with Gasteiger partial charge in [0, 0.05) is 44.3 Å². The first-order valence-corrected chi connectivity index (χ1v) is 9.59. The SMILES string of the molecule is O=C(CCn1nnc2ccccc2c1=O)N(Cc1ccncc1)Cc1cccnc1. The first-order valence-electron chi connectivity index (χ1n) is 9.59. The average Bonchev–Trinajstić information content (AvgIpc) is 2.79. The second kappa shape index (κ2) is 9.04. The number of carbonyl (C=O) groups excluding carboxylic acids is 1. The Labute approximate surface area is 172 Å². The molecule has 0 bridgehead atoms. The lowest BCUT2D eigenvalue weighted by Gasteiger charge is -2.23. The zero-order valence-electron chi connectivity index (χ0n) is 16.3. The third kappa shape index (κ3) is 4.54. The molecule has 0 spiro atoms. The van der Waals surface area contributed by atoms with Gasteiger partial charge in [-0.2, -0.15) is 0 Å². The molecule has 0 unspecified atom stereocenters. The standard InChI is InChI=1S/C22H20N6O2/c29-21(9-13-28-22(30)19-5-1-2-6-20(19)25-26-28)27(15-17-7-11-23-12-8-17)16-18-4-3-10-24-14-18/h1-8,10-12,14H,9,13,15-16H2. The van der Waals surface area contributed by atoms with Crippen molar-refractivity contribution in [3.63, 3.8) is 0 Å². The molecule has 3 heterocycles. The predicted octanol–water partition coefficient (Wildman–Crippen LogP) is 2.20. The Morgan fingerprint density at radius 1 is 0.900 bits per heavy atom. The van der Waals surface area contributed by atoms with E-state index in [4.69, 9.17) is 0 Å². The van der Waals surface area contributed by atoms with Gasteiger partial charge in [0.25, 0.3) is 5.56 Å². The van der Waals surface area contributed by atoms with E-state index in [0.29, 0.717) is 24.0 Å². The molecule has 4 rings (SSSR count). The molecule has 0 aliphatic carbocycles. The summed E-state index contributed by atoms with van der Waals surface area (Å²) in [6, 6.07) is 14.6. The number of pyridine rings is 2. The summed E-state index contributed by atoms with van der Waals surface area (Å²) >= 11 is 0. The van der Waals surface area contributed by atoms with E-state index in [-0.39, 0.29) is 24.4 Å². The number of aromatic nitrogens is 5. The second-order valence-corrected chi connectivity index (χ2v) is 6.85. The maximum Gasteiger partial charge on any atom is 0.277 e. The van der Waals surface area contributed by atoms with E-state index in [0.717, 1.165) is 11.1 Å². The van der Waals surface area contributed by atoms with Crippen molar-refractivity contribution in [3.05, 3.63) is 94.8 Å². The molecule has 0 N–H and O–H groups in total. The summed E-state index contributed by atoms with van der Waals surface area (Å²) in [5, 5.41) is 8.53. The van der Waals surface area contributed by atoms with Crippen LogP contribution in [0, 0.1) is 0 Å². The first-order chi connectivity index (χ1) is 14.7. The summed E-state index contributed by atoms with van der Waals surface area (Å²) in [4.78, 5) is 35.5. The summed E-state index contributed by atoms with van der Waals surface area (Å²) in [6.45, 7) is 1.03. The Balaban J connectivity index is 1.51. The van der Waals surface area contributed by atoms with Crippen LogP contribution in [0.1, 0.15) is 17.5 Å². The molecule has 0 saturated heterocycles. The summed E-state index contributed by atoms with van der Waals surface area (Å²) in [5.74, 6) is -0.0856. The third-order valence-electron chi connectivity index (χ3n) is 4.74. The number of aryl methyl sites for hydroxylation is 1. The van der Waals surface area contributed by atoms with Gasteiger partial charge in [-0.3, -0.25) is 19.6 Å². The van der Waals surface area contributed by atoms with E-state index >= 15 is 0 Å². The Kier molecular flexibility index (Phi) is 5.84. The summed E-state index contributed by atoms with van der Waals surface area (Å²) in [7, 11) is 0. The van der Waals surface area contributed by atoms with Crippen LogP contribution in [0.3, 0.4) is 0 Å². The fraction of sp³-hybridized carbons (Fsp3) is 0.182. The van der Waals surface area contributed by atoms with Gasteiger partial charge in [0.05, 0.1) is 11.9 Å². The number of fused-ring (bicyclic) bond motifs is 1. The van der Waals surface area contributed by atoms with E-state index in [1.54, 1.807) is 54.0 Å². The normalized spacial score (nSPS) is 10.8. The molecular weight excluding hydrogens is 380 g/mol. The molecule has 0 saturated carbocycles. The zero-order chi connectivity index (χ0) is 20.8.